The summed E-state index contributed by atoms with van der Waals surface area (Å²) in [7, 11) is 1.61. The van der Waals surface area contributed by atoms with Crippen molar-refractivity contribution >= 4 is 0 Å². The summed E-state index contributed by atoms with van der Waals surface area (Å²) in [5.41, 5.74) is 7.05. The molecule has 0 radical (unpaired) electrons. The highest BCUT2D eigenvalue weighted by molar-refractivity contribution is 5.49. The Labute approximate surface area is 124 Å². The van der Waals surface area contributed by atoms with Gasteiger partial charge in [-0.25, -0.2) is 9.82 Å². The number of hydrazine groups is 1. The Morgan fingerprint density at radius 3 is 2.38 bits per heavy atom. The maximum absolute atomic E-state index is 14.3. The van der Waals surface area contributed by atoms with E-state index in [1.807, 2.05) is 39.0 Å². The number of halogens is 1. The summed E-state index contributed by atoms with van der Waals surface area (Å²) in [6.07, 6.45) is 0. The quantitative estimate of drug-likeness (QED) is 0.670. The van der Waals surface area contributed by atoms with Crippen LogP contribution in [0.1, 0.15) is 33.9 Å². The van der Waals surface area contributed by atoms with Gasteiger partial charge in [0.05, 0.1) is 13.2 Å². The minimum Gasteiger partial charge on any atom is -0.496 e. The Morgan fingerprint density at radius 2 is 1.81 bits per heavy atom. The molecule has 0 spiro atoms. The van der Waals surface area contributed by atoms with E-state index in [2.05, 4.69) is 5.43 Å². The van der Waals surface area contributed by atoms with Crippen LogP contribution in [0.3, 0.4) is 0 Å². The molecule has 0 aliphatic carbocycles. The highest BCUT2D eigenvalue weighted by Gasteiger charge is 2.22. The largest absolute Gasteiger partial charge is 0.496 e. The lowest BCUT2D eigenvalue weighted by Crippen LogP contribution is -2.30. The third-order valence-electron chi connectivity index (χ3n) is 3.64. The maximum atomic E-state index is 14.3. The summed E-state index contributed by atoms with van der Waals surface area (Å²) in [5.74, 6) is 6.13. The first-order valence-corrected chi connectivity index (χ1v) is 6.85. The van der Waals surface area contributed by atoms with E-state index < -0.39 is 6.04 Å². The molecule has 3 nitrogen and oxygen atoms in total. The van der Waals surface area contributed by atoms with E-state index in [-0.39, 0.29) is 5.82 Å². The van der Waals surface area contributed by atoms with Crippen LogP contribution in [0.15, 0.2) is 30.3 Å². The van der Waals surface area contributed by atoms with Crippen LogP contribution in [0.25, 0.3) is 0 Å². The molecule has 0 fully saturated rings. The molecule has 2 aromatic rings. The second kappa shape index (κ2) is 6.24. The number of aryl methyl sites for hydroxylation is 3. The summed E-state index contributed by atoms with van der Waals surface area (Å²) in [5, 5.41) is 0. The zero-order chi connectivity index (χ0) is 15.6. The fourth-order valence-electron chi connectivity index (χ4n) is 2.67. The summed E-state index contributed by atoms with van der Waals surface area (Å²) >= 11 is 0. The topological polar surface area (TPSA) is 47.3 Å². The van der Waals surface area contributed by atoms with E-state index in [0.29, 0.717) is 11.3 Å². The summed E-state index contributed by atoms with van der Waals surface area (Å²) in [6, 6.07) is 8.65. The van der Waals surface area contributed by atoms with E-state index in [9.17, 15) is 4.39 Å². The molecule has 0 saturated heterocycles. The van der Waals surface area contributed by atoms with Gasteiger partial charge >= 0.3 is 0 Å². The van der Waals surface area contributed by atoms with Gasteiger partial charge in [0, 0.05) is 11.1 Å². The second-order valence-electron chi connectivity index (χ2n) is 5.32. The molecule has 1 unspecified atom stereocenters. The fourth-order valence-corrected chi connectivity index (χ4v) is 2.67. The molecule has 112 valence electrons. The molecule has 4 heteroatoms. The maximum Gasteiger partial charge on any atom is 0.128 e. The van der Waals surface area contributed by atoms with Crippen molar-refractivity contribution in [2.75, 3.05) is 7.11 Å². The average molecular weight is 288 g/mol. The van der Waals surface area contributed by atoms with Crippen molar-refractivity contribution in [1.82, 2.24) is 5.43 Å². The molecule has 0 amide bonds. The normalized spacial score (nSPS) is 12.3. The van der Waals surface area contributed by atoms with Crippen molar-refractivity contribution in [3.8, 4) is 5.75 Å². The fraction of sp³-hybridized carbons (Fsp3) is 0.294. The number of nitrogens with two attached hydrogens (primary N) is 1. The van der Waals surface area contributed by atoms with Gasteiger partial charge in [-0.05, 0) is 49.6 Å². The zero-order valence-electron chi connectivity index (χ0n) is 12.8. The van der Waals surface area contributed by atoms with Gasteiger partial charge < -0.3 is 4.74 Å². The molecular weight excluding hydrogens is 267 g/mol. The van der Waals surface area contributed by atoms with Crippen LogP contribution in [0.2, 0.25) is 0 Å². The lowest BCUT2D eigenvalue weighted by atomic mass is 9.92. The van der Waals surface area contributed by atoms with Crippen molar-refractivity contribution in [2.24, 2.45) is 5.84 Å². The molecule has 0 aliphatic rings. The van der Waals surface area contributed by atoms with Crippen LogP contribution in [0, 0.1) is 26.6 Å². The molecule has 0 aromatic heterocycles. The first kappa shape index (κ1) is 15.5. The van der Waals surface area contributed by atoms with Gasteiger partial charge in [-0.2, -0.15) is 0 Å². The van der Waals surface area contributed by atoms with Crippen molar-refractivity contribution in [1.29, 1.82) is 0 Å². The number of hydrogen-bond donors (Lipinski definition) is 2. The number of nitrogens with one attached hydrogen (secondary N) is 1. The Balaban J connectivity index is 2.61. The number of methoxy groups -OCH3 is 1. The van der Waals surface area contributed by atoms with Crippen LogP contribution in [-0.4, -0.2) is 7.11 Å². The highest BCUT2D eigenvalue weighted by atomic mass is 19.1. The monoisotopic (exact) mass is 288 g/mol. The zero-order valence-corrected chi connectivity index (χ0v) is 12.8. The van der Waals surface area contributed by atoms with Gasteiger partial charge in [0.2, 0.25) is 0 Å². The van der Waals surface area contributed by atoms with Crippen LogP contribution in [0.4, 0.5) is 4.39 Å². The van der Waals surface area contributed by atoms with Crippen LogP contribution >= 0.6 is 0 Å². The summed E-state index contributed by atoms with van der Waals surface area (Å²) in [6.45, 7) is 5.83. The smallest absolute Gasteiger partial charge is 0.128 e. The Hall–Kier alpha value is -1.91. The SMILES string of the molecule is COc1cc(C)cc(C)c1C(NN)c1ccc(C)cc1F. The molecule has 0 heterocycles. The van der Waals surface area contributed by atoms with Crippen LogP contribution in [-0.2, 0) is 0 Å². The molecule has 0 saturated carbocycles. The van der Waals surface area contributed by atoms with Gasteiger partial charge in [0.25, 0.3) is 0 Å². The summed E-state index contributed by atoms with van der Waals surface area (Å²) in [4.78, 5) is 0. The van der Waals surface area contributed by atoms with Crippen LogP contribution < -0.4 is 16.0 Å². The van der Waals surface area contributed by atoms with Gasteiger partial charge in [0.15, 0.2) is 0 Å². The molecule has 21 heavy (non-hydrogen) atoms. The highest BCUT2D eigenvalue weighted by Crippen LogP contribution is 2.34. The third-order valence-corrected chi connectivity index (χ3v) is 3.64. The van der Waals surface area contributed by atoms with E-state index in [1.165, 1.54) is 6.07 Å². The average Bonchev–Trinajstić information content (AvgIpc) is 2.42. The third kappa shape index (κ3) is 3.06. The molecule has 1 atom stereocenters. The van der Waals surface area contributed by atoms with Gasteiger partial charge in [-0.3, -0.25) is 5.84 Å². The predicted octanol–water partition coefficient (Wildman–Crippen LogP) is 3.31. The van der Waals surface area contributed by atoms with Crippen LogP contribution in [0.5, 0.6) is 5.75 Å². The van der Waals surface area contributed by atoms with E-state index in [0.717, 1.165) is 22.3 Å². The van der Waals surface area contributed by atoms with Gasteiger partial charge in [-0.1, -0.05) is 18.2 Å². The second-order valence-corrected chi connectivity index (χ2v) is 5.32. The van der Waals surface area contributed by atoms with E-state index in [4.69, 9.17) is 10.6 Å². The minimum atomic E-state index is -0.457. The first-order chi connectivity index (χ1) is 9.97. The van der Waals surface area contributed by atoms with Gasteiger partial charge in [-0.15, -0.1) is 0 Å². The first-order valence-electron chi connectivity index (χ1n) is 6.85. The lowest BCUT2D eigenvalue weighted by molar-refractivity contribution is 0.402. The lowest BCUT2D eigenvalue weighted by Gasteiger charge is -2.23. The van der Waals surface area contributed by atoms with E-state index >= 15 is 0 Å². The standard InChI is InChI=1S/C17H21FN2O/c1-10-5-6-13(14(18)8-10)17(20-19)16-12(3)7-11(2)9-15(16)21-4/h5-9,17,20H,19H2,1-4H3. The molecule has 0 aliphatic heterocycles. The molecule has 2 aromatic carbocycles. The molecule has 2 rings (SSSR count). The van der Waals surface area contributed by atoms with Crippen molar-refractivity contribution in [3.05, 3.63) is 64.0 Å². The number of rotatable bonds is 4. The van der Waals surface area contributed by atoms with E-state index in [1.54, 1.807) is 13.2 Å². The minimum absolute atomic E-state index is 0.278. The number of ether oxygens (including phenoxy) is 1. The molecule has 3 N–H and O–H groups in total. The van der Waals surface area contributed by atoms with Crippen molar-refractivity contribution in [3.63, 3.8) is 0 Å². The molecule has 0 bridgehead atoms. The van der Waals surface area contributed by atoms with Gasteiger partial charge in [0.1, 0.15) is 11.6 Å². The number of benzene rings is 2. The predicted molar refractivity (Wildman–Crippen MR) is 82.8 cm³/mol. The van der Waals surface area contributed by atoms with Crippen molar-refractivity contribution < 1.29 is 9.13 Å². The number of hydrogen-bond acceptors (Lipinski definition) is 3. The Bertz CT molecular complexity index is 655. The van der Waals surface area contributed by atoms with Crippen molar-refractivity contribution in [2.45, 2.75) is 26.8 Å². The molecular formula is C17H21FN2O. The Morgan fingerprint density at radius 1 is 1.10 bits per heavy atom. The Kier molecular flexibility index (Phi) is 4.60. The summed E-state index contributed by atoms with van der Waals surface area (Å²) < 4.78 is 19.7.